The number of halogens is 1. The van der Waals surface area contributed by atoms with Crippen LogP contribution in [0.1, 0.15) is 53.9 Å². The summed E-state index contributed by atoms with van der Waals surface area (Å²) >= 11 is 0. The number of carbonyl (C=O) groups excluding carboxylic acids is 1. The first-order valence-electron chi connectivity index (χ1n) is 9.38. The molecular formula is C21H22FN5O2. The second-order valence-corrected chi connectivity index (χ2v) is 7.70. The van der Waals surface area contributed by atoms with Gasteiger partial charge in [-0.3, -0.25) is 9.78 Å². The fourth-order valence-electron chi connectivity index (χ4n) is 3.96. The van der Waals surface area contributed by atoms with Gasteiger partial charge in [-0.05, 0) is 58.0 Å². The van der Waals surface area contributed by atoms with Crippen LogP contribution in [0.25, 0.3) is 11.4 Å². The summed E-state index contributed by atoms with van der Waals surface area (Å²) in [5.41, 5.74) is 6.59. The van der Waals surface area contributed by atoms with Crippen LogP contribution in [0.3, 0.4) is 0 Å². The van der Waals surface area contributed by atoms with E-state index >= 15 is 0 Å². The van der Waals surface area contributed by atoms with Crippen LogP contribution in [0.4, 0.5) is 4.39 Å². The van der Waals surface area contributed by atoms with E-state index in [1.54, 1.807) is 0 Å². The molecule has 0 saturated carbocycles. The average molecular weight is 395 g/mol. The molecule has 0 aliphatic carbocycles. The maximum Gasteiger partial charge on any atom is 0.248 e. The molecule has 0 saturated heterocycles. The topological polar surface area (TPSA) is 95.9 Å². The molecular weight excluding hydrogens is 373 g/mol. The number of aromatic nitrogens is 4. The van der Waals surface area contributed by atoms with Crippen molar-refractivity contribution in [3.05, 3.63) is 58.9 Å². The molecule has 3 heterocycles. The number of hydrogen-bond donors (Lipinski definition) is 1. The van der Waals surface area contributed by atoms with Gasteiger partial charge in [-0.2, -0.15) is 0 Å². The Morgan fingerprint density at radius 3 is 2.69 bits per heavy atom. The molecule has 0 spiro atoms. The lowest BCUT2D eigenvalue weighted by atomic mass is 10.0. The molecule has 1 aromatic carbocycles. The molecule has 2 aromatic heterocycles. The molecule has 0 fully saturated rings. The van der Waals surface area contributed by atoms with Crippen molar-refractivity contribution in [2.24, 2.45) is 5.73 Å². The number of pyridine rings is 1. The molecule has 1 aliphatic rings. The summed E-state index contributed by atoms with van der Waals surface area (Å²) in [5.74, 6) is 0.445. The first-order valence-corrected chi connectivity index (χ1v) is 9.38. The Morgan fingerprint density at radius 1 is 1.28 bits per heavy atom. The van der Waals surface area contributed by atoms with Crippen LogP contribution in [0, 0.1) is 19.7 Å². The van der Waals surface area contributed by atoms with E-state index in [1.807, 2.05) is 44.4 Å². The number of fused-ring (bicyclic) bond motifs is 1. The Bertz CT molecular complexity index is 1130. The summed E-state index contributed by atoms with van der Waals surface area (Å²) in [7, 11) is 0. The maximum absolute atomic E-state index is 14.7. The van der Waals surface area contributed by atoms with Gasteiger partial charge in [-0.15, -0.1) is 10.2 Å². The first kappa shape index (κ1) is 19.0. The number of carbonyl (C=O) groups is 1. The predicted octanol–water partition coefficient (Wildman–Crippen LogP) is 3.45. The lowest BCUT2D eigenvalue weighted by molar-refractivity contribution is 0.0782. The normalized spacial score (nSPS) is 20.5. The maximum atomic E-state index is 14.7. The Balaban J connectivity index is 1.74. The number of benzene rings is 1. The van der Waals surface area contributed by atoms with Crippen LogP contribution in [-0.2, 0) is 5.60 Å². The van der Waals surface area contributed by atoms with E-state index in [9.17, 15) is 9.18 Å². The Kier molecular flexibility index (Phi) is 4.37. The molecule has 2 N–H and O–H groups in total. The van der Waals surface area contributed by atoms with Crippen molar-refractivity contribution in [3.8, 4) is 17.1 Å². The van der Waals surface area contributed by atoms with Crippen molar-refractivity contribution in [3.63, 3.8) is 0 Å². The zero-order valence-electron chi connectivity index (χ0n) is 16.7. The summed E-state index contributed by atoms with van der Waals surface area (Å²) in [5, 5.41) is 8.56. The van der Waals surface area contributed by atoms with Crippen LogP contribution in [0.2, 0.25) is 0 Å². The smallest absolute Gasteiger partial charge is 0.248 e. The minimum absolute atomic E-state index is 0.00562. The molecule has 7 nitrogen and oxygen atoms in total. The first-order chi connectivity index (χ1) is 13.7. The van der Waals surface area contributed by atoms with Gasteiger partial charge < -0.3 is 15.0 Å². The highest BCUT2D eigenvalue weighted by molar-refractivity contribution is 5.93. The molecule has 3 aromatic rings. The van der Waals surface area contributed by atoms with Crippen molar-refractivity contribution >= 4 is 5.91 Å². The third-order valence-electron chi connectivity index (χ3n) is 5.30. The number of aryl methyl sites for hydroxylation is 2. The summed E-state index contributed by atoms with van der Waals surface area (Å²) < 4.78 is 22.9. The fourth-order valence-corrected chi connectivity index (χ4v) is 3.96. The number of amides is 1. The van der Waals surface area contributed by atoms with Crippen molar-refractivity contribution in [1.82, 2.24) is 19.7 Å². The largest absolute Gasteiger partial charge is 0.478 e. The van der Waals surface area contributed by atoms with E-state index < -0.39 is 17.3 Å². The minimum atomic E-state index is -0.726. The zero-order valence-corrected chi connectivity index (χ0v) is 16.7. The van der Waals surface area contributed by atoms with Crippen LogP contribution < -0.4 is 10.5 Å². The van der Waals surface area contributed by atoms with Crippen LogP contribution in [-0.4, -0.2) is 25.7 Å². The second-order valence-electron chi connectivity index (χ2n) is 7.70. The number of rotatable bonds is 4. The summed E-state index contributed by atoms with van der Waals surface area (Å²) in [4.78, 5) is 15.8. The van der Waals surface area contributed by atoms with E-state index in [4.69, 9.17) is 10.5 Å². The van der Waals surface area contributed by atoms with Gasteiger partial charge in [-0.1, -0.05) is 0 Å². The van der Waals surface area contributed by atoms with Crippen molar-refractivity contribution < 1.29 is 13.9 Å². The zero-order chi connectivity index (χ0) is 20.9. The van der Waals surface area contributed by atoms with Gasteiger partial charge in [0.15, 0.2) is 17.2 Å². The highest BCUT2D eigenvalue weighted by Gasteiger charge is 2.45. The molecule has 1 amide bonds. The highest BCUT2D eigenvalue weighted by Crippen LogP contribution is 2.44. The monoisotopic (exact) mass is 395 g/mol. The fraction of sp³-hybridized carbons (Fsp3) is 0.333. The third kappa shape index (κ3) is 3.14. The van der Waals surface area contributed by atoms with E-state index in [1.165, 1.54) is 12.1 Å². The van der Waals surface area contributed by atoms with E-state index in [-0.39, 0.29) is 17.2 Å². The van der Waals surface area contributed by atoms with Gasteiger partial charge in [0.1, 0.15) is 11.6 Å². The molecule has 2 unspecified atom stereocenters. The molecule has 8 heteroatoms. The average Bonchev–Trinajstić information content (AvgIpc) is 3.18. The molecule has 2 atom stereocenters. The minimum Gasteiger partial charge on any atom is -0.478 e. The number of nitrogens with zero attached hydrogens (tertiary/aromatic N) is 4. The van der Waals surface area contributed by atoms with Gasteiger partial charge in [0.05, 0.1) is 11.3 Å². The number of primary amides is 1. The Morgan fingerprint density at radius 2 is 2.03 bits per heavy atom. The van der Waals surface area contributed by atoms with Crippen LogP contribution in [0.5, 0.6) is 5.75 Å². The van der Waals surface area contributed by atoms with E-state index in [2.05, 4.69) is 15.2 Å². The highest BCUT2D eigenvalue weighted by atomic mass is 19.1. The van der Waals surface area contributed by atoms with Gasteiger partial charge in [0.25, 0.3) is 0 Å². The molecule has 1 aliphatic heterocycles. The van der Waals surface area contributed by atoms with Crippen molar-refractivity contribution in [1.29, 1.82) is 0 Å². The van der Waals surface area contributed by atoms with Gasteiger partial charge in [0.2, 0.25) is 5.91 Å². The van der Waals surface area contributed by atoms with Gasteiger partial charge >= 0.3 is 0 Å². The quantitative estimate of drug-likeness (QED) is 0.730. The number of ether oxygens (including phenoxy) is 1. The SMILES string of the molecule is Cc1ccc(OC2(C)CC(C)n3c(-c4ccc(C(N)=O)cc4F)nnc32)c(C)n1. The molecule has 29 heavy (non-hydrogen) atoms. The van der Waals surface area contributed by atoms with Gasteiger partial charge in [-0.25, -0.2) is 4.39 Å². The molecule has 0 radical (unpaired) electrons. The van der Waals surface area contributed by atoms with E-state index in [0.717, 1.165) is 17.5 Å². The standard InChI is InChI=1S/C21H22FN5O2/c1-11-5-8-17(13(3)24-11)29-21(4)10-12(2)27-19(25-26-20(21)27)15-7-6-14(18(23)28)9-16(15)22/h5-9,12H,10H2,1-4H3,(H2,23,28). The number of hydrogen-bond acceptors (Lipinski definition) is 5. The summed E-state index contributed by atoms with van der Waals surface area (Å²) in [6.07, 6.45) is 0.652. The van der Waals surface area contributed by atoms with Crippen molar-refractivity contribution in [2.45, 2.75) is 45.8 Å². The summed E-state index contributed by atoms with van der Waals surface area (Å²) in [6, 6.07) is 7.90. The third-order valence-corrected chi connectivity index (χ3v) is 5.30. The summed E-state index contributed by atoms with van der Waals surface area (Å²) in [6.45, 7) is 7.79. The van der Waals surface area contributed by atoms with Gasteiger partial charge in [0, 0.05) is 23.7 Å². The Hall–Kier alpha value is -3.29. The second kappa shape index (κ2) is 6.65. The van der Waals surface area contributed by atoms with E-state index in [0.29, 0.717) is 23.8 Å². The molecule has 0 bridgehead atoms. The number of nitrogens with two attached hydrogens (primary N) is 1. The van der Waals surface area contributed by atoms with Crippen LogP contribution in [0.15, 0.2) is 30.3 Å². The lowest BCUT2D eigenvalue weighted by Gasteiger charge is -2.25. The Labute approximate surface area is 167 Å². The molecule has 150 valence electrons. The molecule has 4 rings (SSSR count). The van der Waals surface area contributed by atoms with Crippen molar-refractivity contribution in [2.75, 3.05) is 0 Å². The van der Waals surface area contributed by atoms with Crippen LogP contribution >= 0.6 is 0 Å². The predicted molar refractivity (Wildman–Crippen MR) is 105 cm³/mol. The lowest BCUT2D eigenvalue weighted by Crippen LogP contribution is -2.28.